The third kappa shape index (κ3) is 4.92. The van der Waals surface area contributed by atoms with E-state index in [2.05, 4.69) is 12.1 Å². The average molecular weight is 430 g/mol. The minimum atomic E-state index is -1.38. The van der Waals surface area contributed by atoms with Crippen LogP contribution in [0.4, 0.5) is 0 Å². The number of rotatable bonds is 6. The van der Waals surface area contributed by atoms with Crippen molar-refractivity contribution in [1.82, 2.24) is 0 Å². The first-order chi connectivity index (χ1) is 15.0. The van der Waals surface area contributed by atoms with E-state index >= 15 is 0 Å². The molecule has 0 aliphatic carbocycles. The summed E-state index contributed by atoms with van der Waals surface area (Å²) in [4.78, 5) is 0. The van der Waals surface area contributed by atoms with Crippen molar-refractivity contribution in [2.45, 2.75) is 56.4 Å². The SMILES string of the molecule is Cc1cc([C@@H]2O[C@H](CO)[C@@H](O)[C@@H](O)[C@@H]2O)ccc1Cc1ccc(O[C@@H]2CCOC2)cc1. The van der Waals surface area contributed by atoms with Gasteiger partial charge in [-0.2, -0.15) is 0 Å². The summed E-state index contributed by atoms with van der Waals surface area (Å²) in [6.45, 7) is 2.94. The number of benzene rings is 2. The van der Waals surface area contributed by atoms with E-state index in [-0.39, 0.29) is 6.10 Å². The van der Waals surface area contributed by atoms with Gasteiger partial charge in [0.25, 0.3) is 0 Å². The number of ether oxygens (including phenoxy) is 3. The molecule has 31 heavy (non-hydrogen) atoms. The molecule has 6 atom stereocenters. The van der Waals surface area contributed by atoms with E-state index in [0.717, 1.165) is 41.9 Å². The van der Waals surface area contributed by atoms with Crippen molar-refractivity contribution in [2.24, 2.45) is 0 Å². The van der Waals surface area contributed by atoms with E-state index in [1.54, 1.807) is 0 Å². The molecule has 2 aliphatic rings. The van der Waals surface area contributed by atoms with E-state index in [1.165, 1.54) is 0 Å². The van der Waals surface area contributed by atoms with Crippen LogP contribution < -0.4 is 4.74 Å². The van der Waals surface area contributed by atoms with Crippen molar-refractivity contribution in [2.75, 3.05) is 19.8 Å². The first-order valence-corrected chi connectivity index (χ1v) is 10.7. The highest BCUT2D eigenvalue weighted by Gasteiger charge is 2.43. The Kier molecular flexibility index (Phi) is 6.91. The van der Waals surface area contributed by atoms with E-state index in [1.807, 2.05) is 37.3 Å². The summed E-state index contributed by atoms with van der Waals surface area (Å²) in [5.41, 5.74) is 4.00. The fourth-order valence-electron chi connectivity index (χ4n) is 4.18. The maximum absolute atomic E-state index is 10.4. The van der Waals surface area contributed by atoms with Gasteiger partial charge >= 0.3 is 0 Å². The second kappa shape index (κ2) is 9.65. The molecule has 7 heteroatoms. The molecule has 0 spiro atoms. The second-order valence-corrected chi connectivity index (χ2v) is 8.36. The Morgan fingerprint density at radius 1 is 1.00 bits per heavy atom. The molecule has 0 bridgehead atoms. The van der Waals surface area contributed by atoms with Crippen molar-refractivity contribution < 1.29 is 34.6 Å². The Hall–Kier alpha value is -2.00. The number of aliphatic hydroxyl groups is 4. The standard InChI is InChI=1S/C24H30O7/c1-14-10-17(24-23(28)22(27)21(26)20(12-25)31-24)5-4-16(14)11-15-2-6-18(7-3-15)30-19-8-9-29-13-19/h2-7,10,19-28H,8-9,11-13H2,1H3/t19-,20-,21-,22-,23+,24+/m1/s1. The smallest absolute Gasteiger partial charge is 0.124 e. The molecular weight excluding hydrogens is 400 g/mol. The van der Waals surface area contributed by atoms with Crippen LogP contribution >= 0.6 is 0 Å². The van der Waals surface area contributed by atoms with Gasteiger partial charge in [-0.3, -0.25) is 0 Å². The molecule has 2 aliphatic heterocycles. The molecule has 2 aromatic carbocycles. The molecule has 2 saturated heterocycles. The Morgan fingerprint density at radius 2 is 1.77 bits per heavy atom. The van der Waals surface area contributed by atoms with Gasteiger partial charge in [-0.1, -0.05) is 30.3 Å². The molecule has 0 unspecified atom stereocenters. The molecule has 4 N–H and O–H groups in total. The lowest BCUT2D eigenvalue weighted by atomic mass is 9.89. The topological polar surface area (TPSA) is 109 Å². The summed E-state index contributed by atoms with van der Waals surface area (Å²) in [7, 11) is 0. The van der Waals surface area contributed by atoms with Gasteiger partial charge in [0.2, 0.25) is 0 Å². The lowest BCUT2D eigenvalue weighted by Gasteiger charge is -2.40. The molecule has 0 radical (unpaired) electrons. The normalized spacial score (nSPS) is 31.0. The summed E-state index contributed by atoms with van der Waals surface area (Å²) in [6, 6.07) is 13.8. The Morgan fingerprint density at radius 3 is 2.42 bits per heavy atom. The van der Waals surface area contributed by atoms with E-state index in [0.29, 0.717) is 12.2 Å². The zero-order chi connectivity index (χ0) is 22.0. The number of aliphatic hydroxyl groups excluding tert-OH is 4. The zero-order valence-electron chi connectivity index (χ0n) is 17.6. The molecule has 0 amide bonds. The molecular formula is C24H30O7. The lowest BCUT2D eigenvalue weighted by Crippen LogP contribution is -2.55. The van der Waals surface area contributed by atoms with Gasteiger partial charge in [-0.05, 0) is 47.7 Å². The third-order valence-corrected chi connectivity index (χ3v) is 6.10. The van der Waals surface area contributed by atoms with Crippen molar-refractivity contribution in [3.05, 3.63) is 64.7 Å². The van der Waals surface area contributed by atoms with Crippen LogP contribution in [-0.2, 0) is 15.9 Å². The van der Waals surface area contributed by atoms with Crippen LogP contribution in [0.3, 0.4) is 0 Å². The van der Waals surface area contributed by atoms with Crippen LogP contribution in [0.15, 0.2) is 42.5 Å². The van der Waals surface area contributed by atoms with Crippen LogP contribution in [0.2, 0.25) is 0 Å². The van der Waals surface area contributed by atoms with E-state index in [4.69, 9.17) is 14.2 Å². The highest BCUT2D eigenvalue weighted by Crippen LogP contribution is 2.33. The summed E-state index contributed by atoms with van der Waals surface area (Å²) in [6.07, 6.45) is -3.96. The minimum Gasteiger partial charge on any atom is -0.488 e. The summed E-state index contributed by atoms with van der Waals surface area (Å²) in [5.74, 6) is 0.842. The van der Waals surface area contributed by atoms with Gasteiger partial charge in [0.05, 0.1) is 19.8 Å². The zero-order valence-corrected chi connectivity index (χ0v) is 17.6. The van der Waals surface area contributed by atoms with Crippen molar-refractivity contribution in [3.8, 4) is 5.75 Å². The molecule has 2 heterocycles. The van der Waals surface area contributed by atoms with Gasteiger partial charge < -0.3 is 34.6 Å². The molecule has 2 aromatic rings. The molecule has 7 nitrogen and oxygen atoms in total. The summed E-state index contributed by atoms with van der Waals surface area (Å²) in [5, 5.41) is 39.8. The molecule has 2 fully saturated rings. The molecule has 168 valence electrons. The van der Waals surface area contributed by atoms with E-state index < -0.39 is 37.1 Å². The fourth-order valence-corrected chi connectivity index (χ4v) is 4.18. The van der Waals surface area contributed by atoms with Crippen LogP contribution in [0.5, 0.6) is 5.75 Å². The van der Waals surface area contributed by atoms with Crippen LogP contribution in [-0.4, -0.2) is 70.8 Å². The quantitative estimate of drug-likeness (QED) is 0.547. The Balaban J connectivity index is 1.44. The van der Waals surface area contributed by atoms with Gasteiger partial charge in [-0.25, -0.2) is 0 Å². The molecule has 4 rings (SSSR count). The Bertz CT molecular complexity index is 861. The predicted octanol–water partition coefficient (Wildman–Crippen LogP) is 1.27. The van der Waals surface area contributed by atoms with Crippen molar-refractivity contribution in [3.63, 3.8) is 0 Å². The van der Waals surface area contributed by atoms with Gasteiger partial charge in [0, 0.05) is 6.42 Å². The van der Waals surface area contributed by atoms with E-state index in [9.17, 15) is 20.4 Å². The van der Waals surface area contributed by atoms with Gasteiger partial charge in [-0.15, -0.1) is 0 Å². The van der Waals surface area contributed by atoms with Crippen LogP contribution in [0, 0.1) is 6.92 Å². The third-order valence-electron chi connectivity index (χ3n) is 6.10. The van der Waals surface area contributed by atoms with Gasteiger partial charge in [0.15, 0.2) is 0 Å². The molecule has 0 saturated carbocycles. The number of hydrogen-bond acceptors (Lipinski definition) is 7. The average Bonchev–Trinajstić information content (AvgIpc) is 3.28. The summed E-state index contributed by atoms with van der Waals surface area (Å²) < 4.78 is 16.9. The highest BCUT2D eigenvalue weighted by molar-refractivity contribution is 5.38. The summed E-state index contributed by atoms with van der Waals surface area (Å²) >= 11 is 0. The Labute approximate surface area is 181 Å². The largest absolute Gasteiger partial charge is 0.488 e. The first-order valence-electron chi connectivity index (χ1n) is 10.7. The fraction of sp³-hybridized carbons (Fsp3) is 0.500. The van der Waals surface area contributed by atoms with Crippen molar-refractivity contribution in [1.29, 1.82) is 0 Å². The van der Waals surface area contributed by atoms with Crippen molar-refractivity contribution >= 4 is 0 Å². The first kappa shape index (κ1) is 22.2. The number of aryl methyl sites for hydroxylation is 1. The maximum Gasteiger partial charge on any atom is 0.124 e. The minimum absolute atomic E-state index is 0.128. The second-order valence-electron chi connectivity index (χ2n) is 8.36. The van der Waals surface area contributed by atoms with Gasteiger partial charge in [0.1, 0.15) is 42.4 Å². The molecule has 0 aromatic heterocycles. The lowest BCUT2D eigenvalue weighted by molar-refractivity contribution is -0.231. The monoisotopic (exact) mass is 430 g/mol. The predicted molar refractivity (Wildman–Crippen MR) is 113 cm³/mol. The highest BCUT2D eigenvalue weighted by atomic mass is 16.5. The maximum atomic E-state index is 10.4. The van der Waals surface area contributed by atoms with Crippen LogP contribution in [0.1, 0.15) is 34.8 Å². The van der Waals surface area contributed by atoms with Crippen LogP contribution in [0.25, 0.3) is 0 Å². The number of hydrogen-bond donors (Lipinski definition) is 4.